The van der Waals surface area contributed by atoms with Gasteiger partial charge in [-0.3, -0.25) is 4.79 Å². The molecule has 61 heavy (non-hydrogen) atoms. The molecule has 0 aromatic rings. The third kappa shape index (κ3) is 12.2. The number of hydrogen-bond donors (Lipinski definition) is 5. The minimum absolute atomic E-state index is 0.00765. The van der Waals surface area contributed by atoms with Gasteiger partial charge < -0.3 is 73.2 Å². The van der Waals surface area contributed by atoms with E-state index in [0.717, 1.165) is 0 Å². The largest absolute Gasteiger partial charge is 0.459 e. The first-order chi connectivity index (χ1) is 28.3. The predicted molar refractivity (Wildman–Crippen MR) is 224 cm³/mol. The van der Waals surface area contributed by atoms with Crippen molar-refractivity contribution in [2.45, 2.75) is 205 Å². The summed E-state index contributed by atoms with van der Waals surface area (Å²) in [4.78, 5) is 22.2. The normalized spacial score (nSPS) is 46.3. The first-order valence-electron chi connectivity index (χ1n) is 22.3. The zero-order chi connectivity index (χ0) is 45.8. The molecule has 18 atom stereocenters. The van der Waals surface area contributed by atoms with Crippen LogP contribution in [0, 0.1) is 23.7 Å². The van der Waals surface area contributed by atoms with Crippen molar-refractivity contribution >= 4 is 11.7 Å². The van der Waals surface area contributed by atoms with Gasteiger partial charge in [-0.05, 0) is 88.2 Å². The van der Waals surface area contributed by atoms with Gasteiger partial charge in [-0.15, -0.1) is 0 Å². The smallest absolute Gasteiger partial charge is 0.311 e. The highest BCUT2D eigenvalue weighted by Crippen LogP contribution is 2.41. The maximum absolute atomic E-state index is 14.4. The maximum Gasteiger partial charge on any atom is 0.311 e. The summed E-state index contributed by atoms with van der Waals surface area (Å²) in [5, 5.41) is 64.1. The summed E-state index contributed by atoms with van der Waals surface area (Å²) in [5.74, 6) is -4.77. The lowest BCUT2D eigenvalue weighted by atomic mass is 9.73. The number of carbonyl (C=O) groups excluding carboxylic acids is 1. The van der Waals surface area contributed by atoms with E-state index < -0.39 is 108 Å². The third-order valence-corrected chi connectivity index (χ3v) is 13.8. The molecular formula is C44H80N2O15. The average molecular weight is 877 g/mol. The number of oxime groups is 1. The molecule has 4 saturated heterocycles. The van der Waals surface area contributed by atoms with Crippen molar-refractivity contribution in [2.75, 3.05) is 41.0 Å². The van der Waals surface area contributed by atoms with E-state index in [9.17, 15) is 30.3 Å². The standard InChI is InChI=1S/C44H80N2O15/c1-15-31-44(11,52)36(48)26(4)33(45-56-18-16-17-43(10)54-19-20-55-43)24(2)22-41(8,51)38(61-40-34(47)30(46(12)13)21-25(3)57-40)27(5)35(28(6)39(50)59-31)60-32-23-42(9,53-14)37(49)29(7)58-32/h24-32,34-38,40,47-49,51-52H,15-23H2,1-14H3/b45-33+/t24-,25-,26+,27+,28-,29+,30+,31?,32+,34-,35?,36-,37+,38-,40+,41-,42-,44-/m1/s1. The Balaban J connectivity index is 1.82. The molecule has 0 aromatic carbocycles. The van der Waals surface area contributed by atoms with Crippen molar-refractivity contribution in [3.8, 4) is 0 Å². The van der Waals surface area contributed by atoms with Crippen LogP contribution in [0.1, 0.15) is 115 Å². The first-order valence-corrected chi connectivity index (χ1v) is 22.3. The SMILES string of the molecule is CCC1OC(=O)[C@H](C)C(O[C@H]2C[C@@](C)(OC)[C@@H](O)[C@H](C)O2)[C@H](C)[C@@H](O[C@@H]2O[C@H](C)C[C@H](N(C)C)[C@H]2O)[C@](C)(O)C[C@@H](C)/C(=N\OCCCC2(C)OCCO2)[C@H](C)[C@@H](O)[C@]1(C)O. The van der Waals surface area contributed by atoms with Gasteiger partial charge in [0.05, 0.1) is 66.6 Å². The number of hydrogen-bond acceptors (Lipinski definition) is 17. The lowest BCUT2D eigenvalue weighted by Crippen LogP contribution is -2.61. The molecule has 356 valence electrons. The van der Waals surface area contributed by atoms with Gasteiger partial charge in [-0.1, -0.05) is 32.9 Å². The summed E-state index contributed by atoms with van der Waals surface area (Å²) < 4.78 is 49.3. The van der Waals surface area contributed by atoms with Crippen LogP contribution in [0.25, 0.3) is 0 Å². The molecule has 0 aliphatic carbocycles. The zero-order valence-corrected chi connectivity index (χ0v) is 39.2. The molecule has 17 heteroatoms. The summed E-state index contributed by atoms with van der Waals surface area (Å²) in [7, 11) is 5.24. The molecular weight excluding hydrogens is 796 g/mol. The maximum atomic E-state index is 14.4. The minimum atomic E-state index is -1.96. The van der Waals surface area contributed by atoms with Gasteiger partial charge in [0, 0.05) is 43.7 Å². The van der Waals surface area contributed by atoms with Crippen LogP contribution in [-0.2, 0) is 47.5 Å². The lowest BCUT2D eigenvalue weighted by Gasteiger charge is -2.49. The highest BCUT2D eigenvalue weighted by atomic mass is 16.7. The van der Waals surface area contributed by atoms with E-state index in [1.54, 1.807) is 48.5 Å². The number of esters is 1. The van der Waals surface area contributed by atoms with Gasteiger partial charge >= 0.3 is 5.97 Å². The van der Waals surface area contributed by atoms with Crippen LogP contribution >= 0.6 is 0 Å². The molecule has 4 aliphatic rings. The molecule has 0 bridgehead atoms. The Morgan fingerprint density at radius 3 is 2.11 bits per heavy atom. The molecule has 0 radical (unpaired) electrons. The van der Waals surface area contributed by atoms with Crippen molar-refractivity contribution < 1.29 is 73.1 Å². The van der Waals surface area contributed by atoms with E-state index in [4.69, 9.17) is 42.7 Å². The van der Waals surface area contributed by atoms with Gasteiger partial charge in [0.2, 0.25) is 0 Å². The number of cyclic esters (lactones) is 1. The topological polar surface area (TPSA) is 217 Å². The van der Waals surface area contributed by atoms with E-state index >= 15 is 0 Å². The molecule has 17 nitrogen and oxygen atoms in total. The monoisotopic (exact) mass is 877 g/mol. The fourth-order valence-electron chi connectivity index (χ4n) is 9.87. The van der Waals surface area contributed by atoms with Crippen LogP contribution < -0.4 is 0 Å². The van der Waals surface area contributed by atoms with Crippen LogP contribution in [0.5, 0.6) is 0 Å². The van der Waals surface area contributed by atoms with E-state index in [-0.39, 0.29) is 38.0 Å². The Kier molecular flexibility index (Phi) is 18.1. The quantitative estimate of drug-likeness (QED) is 0.108. The van der Waals surface area contributed by atoms with Gasteiger partial charge in [0.15, 0.2) is 18.4 Å². The molecule has 0 amide bonds. The van der Waals surface area contributed by atoms with Crippen molar-refractivity contribution in [3.05, 3.63) is 0 Å². The Hall–Kier alpha value is -1.58. The minimum Gasteiger partial charge on any atom is -0.459 e. The van der Waals surface area contributed by atoms with Crippen LogP contribution in [0.4, 0.5) is 0 Å². The van der Waals surface area contributed by atoms with Crippen LogP contribution in [-0.4, -0.2) is 173 Å². The number of nitrogens with zero attached hydrogens (tertiary/aromatic N) is 2. The van der Waals surface area contributed by atoms with Crippen molar-refractivity contribution in [1.29, 1.82) is 0 Å². The van der Waals surface area contributed by atoms with E-state index in [2.05, 4.69) is 5.16 Å². The van der Waals surface area contributed by atoms with E-state index in [0.29, 0.717) is 38.2 Å². The summed E-state index contributed by atoms with van der Waals surface area (Å²) in [6, 6.07) is -0.325. The summed E-state index contributed by atoms with van der Waals surface area (Å²) >= 11 is 0. The van der Waals surface area contributed by atoms with Crippen LogP contribution in [0.3, 0.4) is 0 Å². The lowest BCUT2D eigenvalue weighted by molar-refractivity contribution is -0.317. The first kappa shape index (κ1) is 52.0. The molecule has 5 N–H and O–H groups in total. The Morgan fingerprint density at radius 1 is 0.885 bits per heavy atom. The van der Waals surface area contributed by atoms with Crippen molar-refractivity contribution in [3.63, 3.8) is 0 Å². The highest BCUT2D eigenvalue weighted by molar-refractivity contribution is 5.88. The second-order valence-electron chi connectivity index (χ2n) is 19.4. The number of rotatable bonds is 12. The molecule has 0 saturated carbocycles. The van der Waals surface area contributed by atoms with Crippen LogP contribution in [0.2, 0.25) is 0 Å². The number of likely N-dealkylation sites (N-methyl/N-ethyl adjacent to an activating group) is 1. The zero-order valence-electron chi connectivity index (χ0n) is 39.2. The predicted octanol–water partition coefficient (Wildman–Crippen LogP) is 3.13. The van der Waals surface area contributed by atoms with Gasteiger partial charge in [0.1, 0.15) is 30.5 Å². The van der Waals surface area contributed by atoms with E-state index in [1.807, 2.05) is 39.8 Å². The highest BCUT2D eigenvalue weighted by Gasteiger charge is 2.53. The van der Waals surface area contributed by atoms with E-state index in [1.165, 1.54) is 14.0 Å². The second kappa shape index (κ2) is 21.2. The van der Waals surface area contributed by atoms with Gasteiger partial charge in [-0.2, -0.15) is 0 Å². The fraction of sp³-hybridized carbons (Fsp3) is 0.955. The van der Waals surface area contributed by atoms with Crippen LogP contribution in [0.15, 0.2) is 5.16 Å². The number of ether oxygens (including phenoxy) is 8. The molecule has 2 unspecified atom stereocenters. The molecule has 4 fully saturated rings. The fourth-order valence-corrected chi connectivity index (χ4v) is 9.87. The summed E-state index contributed by atoms with van der Waals surface area (Å²) in [6.45, 7) is 20.2. The molecule has 4 aliphatic heterocycles. The summed E-state index contributed by atoms with van der Waals surface area (Å²) in [6.07, 6.45) is -8.28. The average Bonchev–Trinajstić information content (AvgIpc) is 3.63. The molecule has 0 spiro atoms. The Labute approximate surface area is 363 Å². The van der Waals surface area contributed by atoms with Gasteiger partial charge in [-0.25, -0.2) is 0 Å². The number of aliphatic hydroxyl groups excluding tert-OH is 3. The Bertz CT molecular complexity index is 1430. The molecule has 0 aromatic heterocycles. The second-order valence-corrected chi connectivity index (χ2v) is 19.4. The summed E-state index contributed by atoms with van der Waals surface area (Å²) in [5.41, 5.74) is -4.41. The number of methoxy groups -OCH3 is 1. The third-order valence-electron chi connectivity index (χ3n) is 13.8. The van der Waals surface area contributed by atoms with Crippen molar-refractivity contribution in [1.82, 2.24) is 4.90 Å². The number of carbonyl (C=O) groups is 1. The Morgan fingerprint density at radius 2 is 1.52 bits per heavy atom. The molecule has 4 heterocycles. The van der Waals surface area contributed by atoms with Crippen molar-refractivity contribution in [2.24, 2.45) is 28.8 Å². The van der Waals surface area contributed by atoms with Gasteiger partial charge in [0.25, 0.3) is 0 Å². The molecule has 4 rings (SSSR count). The number of aliphatic hydroxyl groups is 5.